The van der Waals surface area contributed by atoms with Crippen LogP contribution in [-0.4, -0.2) is 60.6 Å². The summed E-state index contributed by atoms with van der Waals surface area (Å²) >= 11 is 4.22. The quantitative estimate of drug-likeness (QED) is 0.831. The molecule has 1 N–H and O–H groups in total. The van der Waals surface area contributed by atoms with Crippen LogP contribution in [0, 0.1) is 5.41 Å². The summed E-state index contributed by atoms with van der Waals surface area (Å²) in [7, 11) is 2.24. The van der Waals surface area contributed by atoms with Crippen molar-refractivity contribution in [2.24, 2.45) is 5.41 Å². The van der Waals surface area contributed by atoms with E-state index in [1.165, 1.54) is 49.1 Å². The van der Waals surface area contributed by atoms with Crippen molar-refractivity contribution in [3.8, 4) is 0 Å². The van der Waals surface area contributed by atoms with Crippen molar-refractivity contribution in [2.45, 2.75) is 19.4 Å². The molecule has 0 aromatic heterocycles. The van der Waals surface area contributed by atoms with Gasteiger partial charge in [0.2, 0.25) is 0 Å². The maximum atomic E-state index is 3.80. The molecule has 0 bridgehead atoms. The van der Waals surface area contributed by atoms with Crippen LogP contribution in [0.25, 0.3) is 0 Å². The molecule has 2 heterocycles. The average Bonchev–Trinajstić information content (AvgIpc) is 2.50. The van der Waals surface area contributed by atoms with Crippen LogP contribution in [-0.2, 0) is 0 Å². The summed E-state index contributed by atoms with van der Waals surface area (Å²) in [4.78, 5) is 2.46. The molecule has 0 unspecified atom stereocenters. The molecule has 4 heteroatoms. The lowest BCUT2D eigenvalue weighted by Gasteiger charge is -2.27. The van der Waals surface area contributed by atoms with Gasteiger partial charge in [0.05, 0.1) is 0 Å². The summed E-state index contributed by atoms with van der Waals surface area (Å²) in [5.41, 5.74) is 0.510. The predicted molar refractivity (Wildman–Crippen MR) is 76.7 cm³/mol. The Labute approximate surface area is 108 Å². The van der Waals surface area contributed by atoms with Crippen LogP contribution in [0.4, 0.5) is 0 Å². The van der Waals surface area contributed by atoms with Gasteiger partial charge in [0, 0.05) is 42.1 Å². The molecule has 0 saturated carbocycles. The van der Waals surface area contributed by atoms with Gasteiger partial charge in [0.1, 0.15) is 0 Å². The van der Waals surface area contributed by atoms with Gasteiger partial charge in [-0.3, -0.25) is 0 Å². The van der Waals surface area contributed by atoms with Gasteiger partial charge in [-0.1, -0.05) is 6.92 Å². The monoisotopic (exact) mass is 260 g/mol. The number of rotatable bonds is 3. The highest BCUT2D eigenvalue weighted by Crippen LogP contribution is 2.28. The first-order valence-electron chi connectivity index (χ1n) is 6.25. The second-order valence-corrected chi connectivity index (χ2v) is 7.83. The van der Waals surface area contributed by atoms with Crippen LogP contribution in [0.1, 0.15) is 13.3 Å². The second-order valence-electron chi connectivity index (χ2n) is 5.53. The zero-order valence-electron chi connectivity index (χ0n) is 10.5. The Kier molecular flexibility index (Phi) is 4.89. The van der Waals surface area contributed by atoms with E-state index < -0.39 is 0 Å². The zero-order chi connectivity index (χ0) is 11.4. The van der Waals surface area contributed by atoms with Crippen molar-refractivity contribution in [2.75, 3.05) is 49.7 Å². The van der Waals surface area contributed by atoms with Gasteiger partial charge in [-0.15, -0.1) is 0 Å². The normalized spacial score (nSPS) is 34.1. The summed E-state index contributed by atoms with van der Waals surface area (Å²) in [6.45, 7) is 6.16. The molecule has 0 radical (unpaired) electrons. The van der Waals surface area contributed by atoms with Crippen molar-refractivity contribution in [3.63, 3.8) is 0 Å². The topological polar surface area (TPSA) is 15.3 Å². The minimum absolute atomic E-state index is 0.510. The molecule has 2 fully saturated rings. The Morgan fingerprint density at radius 1 is 1.31 bits per heavy atom. The fraction of sp³-hybridized carbons (Fsp3) is 1.00. The van der Waals surface area contributed by atoms with E-state index in [0.29, 0.717) is 5.41 Å². The Balaban J connectivity index is 1.73. The maximum Gasteiger partial charge on any atom is 0.0249 e. The van der Waals surface area contributed by atoms with Crippen LogP contribution >= 0.6 is 23.5 Å². The largest absolute Gasteiger partial charge is 0.312 e. The first-order valence-corrected chi connectivity index (χ1v) is 8.56. The number of nitrogens with one attached hydrogen (secondary N) is 1. The fourth-order valence-electron chi connectivity index (χ4n) is 2.54. The lowest BCUT2D eigenvalue weighted by atomic mass is 9.89. The molecule has 2 aliphatic heterocycles. The van der Waals surface area contributed by atoms with Gasteiger partial charge in [-0.05, 0) is 25.4 Å². The number of nitrogens with zero attached hydrogens (tertiary/aromatic N) is 1. The number of hydrogen-bond acceptors (Lipinski definition) is 4. The van der Waals surface area contributed by atoms with Gasteiger partial charge in [0.15, 0.2) is 0 Å². The summed E-state index contributed by atoms with van der Waals surface area (Å²) in [6, 6.07) is 0.736. The van der Waals surface area contributed by atoms with Crippen LogP contribution in [0.2, 0.25) is 0 Å². The summed E-state index contributed by atoms with van der Waals surface area (Å²) in [5, 5.41) is 3.80. The van der Waals surface area contributed by atoms with Crippen LogP contribution in [0.3, 0.4) is 0 Å². The van der Waals surface area contributed by atoms with Crippen molar-refractivity contribution in [1.29, 1.82) is 0 Å². The smallest absolute Gasteiger partial charge is 0.0249 e. The number of likely N-dealkylation sites (tertiary alicyclic amines) is 1. The molecule has 0 aromatic carbocycles. The molecule has 2 aliphatic rings. The Morgan fingerprint density at radius 2 is 2.00 bits per heavy atom. The van der Waals surface area contributed by atoms with Crippen molar-refractivity contribution >= 4 is 23.5 Å². The van der Waals surface area contributed by atoms with Crippen LogP contribution in [0.5, 0.6) is 0 Å². The fourth-order valence-corrected chi connectivity index (χ4v) is 5.01. The first kappa shape index (κ1) is 13.1. The van der Waals surface area contributed by atoms with Crippen LogP contribution < -0.4 is 5.32 Å². The molecule has 0 spiro atoms. The van der Waals surface area contributed by atoms with E-state index in [9.17, 15) is 0 Å². The summed E-state index contributed by atoms with van der Waals surface area (Å²) in [6.07, 6.45) is 1.35. The lowest BCUT2D eigenvalue weighted by molar-refractivity contribution is 0.289. The van der Waals surface area contributed by atoms with Gasteiger partial charge < -0.3 is 10.2 Å². The molecular formula is C12H24N2S2. The van der Waals surface area contributed by atoms with Crippen LogP contribution in [0.15, 0.2) is 0 Å². The lowest BCUT2D eigenvalue weighted by Crippen LogP contribution is -2.41. The summed E-state index contributed by atoms with van der Waals surface area (Å²) in [5.74, 6) is 5.28. The molecule has 2 rings (SSSR count). The first-order chi connectivity index (χ1) is 7.68. The van der Waals surface area contributed by atoms with E-state index >= 15 is 0 Å². The SMILES string of the molecule is CN1CC[C@](C)(CNC2CSCCSC2)C1. The van der Waals surface area contributed by atoms with Gasteiger partial charge >= 0.3 is 0 Å². The average molecular weight is 260 g/mol. The second kappa shape index (κ2) is 5.98. The highest BCUT2D eigenvalue weighted by Gasteiger charge is 2.32. The molecule has 2 nitrogen and oxygen atoms in total. The zero-order valence-corrected chi connectivity index (χ0v) is 12.1. The van der Waals surface area contributed by atoms with E-state index in [2.05, 4.69) is 47.7 Å². The van der Waals surface area contributed by atoms with E-state index in [4.69, 9.17) is 0 Å². The highest BCUT2D eigenvalue weighted by molar-refractivity contribution is 8.03. The standard InChI is InChI=1S/C12H24N2S2/c1-12(3-4-14(2)10-12)9-13-11-7-15-5-6-16-8-11/h11,13H,3-10H2,1-2H3/t12-/m1/s1. The van der Waals surface area contributed by atoms with Gasteiger partial charge in [-0.2, -0.15) is 23.5 Å². The Bertz CT molecular complexity index is 217. The third-order valence-corrected chi connectivity index (χ3v) is 6.10. The summed E-state index contributed by atoms with van der Waals surface area (Å²) < 4.78 is 0. The molecule has 16 heavy (non-hydrogen) atoms. The van der Waals surface area contributed by atoms with E-state index in [0.717, 1.165) is 6.04 Å². The molecule has 1 atom stereocenters. The molecule has 0 amide bonds. The van der Waals surface area contributed by atoms with Gasteiger partial charge in [0.25, 0.3) is 0 Å². The Hall–Kier alpha value is 0.620. The maximum absolute atomic E-state index is 3.80. The van der Waals surface area contributed by atoms with E-state index in [1.54, 1.807) is 0 Å². The van der Waals surface area contributed by atoms with Gasteiger partial charge in [-0.25, -0.2) is 0 Å². The molecular weight excluding hydrogens is 236 g/mol. The molecule has 0 aromatic rings. The Morgan fingerprint density at radius 3 is 2.56 bits per heavy atom. The van der Waals surface area contributed by atoms with Crippen molar-refractivity contribution < 1.29 is 0 Å². The van der Waals surface area contributed by atoms with E-state index in [-0.39, 0.29) is 0 Å². The van der Waals surface area contributed by atoms with Crippen molar-refractivity contribution in [1.82, 2.24) is 10.2 Å². The molecule has 0 aliphatic carbocycles. The predicted octanol–water partition coefficient (Wildman–Crippen LogP) is 1.77. The highest BCUT2D eigenvalue weighted by atomic mass is 32.2. The number of hydrogen-bond donors (Lipinski definition) is 1. The molecule has 94 valence electrons. The molecule has 2 saturated heterocycles. The third kappa shape index (κ3) is 3.83. The number of thioether (sulfide) groups is 2. The van der Waals surface area contributed by atoms with Crippen molar-refractivity contribution in [3.05, 3.63) is 0 Å². The minimum Gasteiger partial charge on any atom is -0.312 e. The third-order valence-electron chi connectivity index (χ3n) is 3.58. The minimum atomic E-state index is 0.510. The van der Waals surface area contributed by atoms with E-state index in [1.807, 2.05) is 0 Å².